The number of esters is 1. The van der Waals surface area contributed by atoms with Crippen molar-refractivity contribution in [2.45, 2.75) is 26.9 Å². The number of aryl methyl sites for hydroxylation is 1. The number of carbonyl (C=O) groups excluding carboxylic acids is 2. The highest BCUT2D eigenvalue weighted by molar-refractivity contribution is 5.88. The second-order valence-corrected chi connectivity index (χ2v) is 6.23. The molecule has 0 radical (unpaired) electrons. The van der Waals surface area contributed by atoms with Gasteiger partial charge >= 0.3 is 5.97 Å². The van der Waals surface area contributed by atoms with Crippen LogP contribution in [0.1, 0.15) is 23.7 Å². The first kappa shape index (κ1) is 18.3. The number of hydrogen-bond acceptors (Lipinski definition) is 5. The van der Waals surface area contributed by atoms with Crippen LogP contribution in [0.5, 0.6) is 0 Å². The molecule has 0 aliphatic carbocycles. The third kappa shape index (κ3) is 4.78. The van der Waals surface area contributed by atoms with E-state index in [1.807, 2.05) is 13.0 Å². The van der Waals surface area contributed by atoms with Gasteiger partial charge in [0.05, 0.1) is 12.1 Å². The van der Waals surface area contributed by atoms with Gasteiger partial charge in [-0.15, -0.1) is 0 Å². The molecule has 27 heavy (non-hydrogen) atoms. The van der Waals surface area contributed by atoms with Gasteiger partial charge in [0.2, 0.25) is 5.91 Å². The van der Waals surface area contributed by atoms with Crippen LogP contribution in [0.15, 0.2) is 53.5 Å². The standard InChI is InChI=1S/C20H19N3O4/c1-13-7-8-23-18(9-13)22-17(11-19(23)25)12-27-20(26)10-15-3-5-16(6-4-15)21-14(2)24/h3-9,11H,10,12H2,1-2H3,(H,21,24). The molecule has 0 aliphatic rings. The molecular formula is C20H19N3O4. The van der Waals surface area contributed by atoms with Gasteiger partial charge in [-0.3, -0.25) is 18.8 Å². The fourth-order valence-electron chi connectivity index (χ4n) is 2.61. The number of nitrogens with one attached hydrogen (secondary N) is 1. The van der Waals surface area contributed by atoms with Crippen LogP contribution in [0.25, 0.3) is 5.65 Å². The van der Waals surface area contributed by atoms with Gasteiger partial charge in [0.15, 0.2) is 0 Å². The average Bonchev–Trinajstić information content (AvgIpc) is 2.61. The van der Waals surface area contributed by atoms with E-state index >= 15 is 0 Å². The number of anilines is 1. The molecule has 2 heterocycles. The largest absolute Gasteiger partial charge is 0.459 e. The predicted molar refractivity (Wildman–Crippen MR) is 100 cm³/mol. The summed E-state index contributed by atoms with van der Waals surface area (Å²) >= 11 is 0. The third-order valence-corrected chi connectivity index (χ3v) is 3.88. The van der Waals surface area contributed by atoms with Crippen molar-refractivity contribution in [2.75, 3.05) is 5.32 Å². The minimum Gasteiger partial charge on any atom is -0.459 e. The monoisotopic (exact) mass is 365 g/mol. The number of carbonyl (C=O) groups is 2. The van der Waals surface area contributed by atoms with Crippen molar-refractivity contribution in [1.29, 1.82) is 0 Å². The Kier molecular flexibility index (Phi) is 5.30. The SMILES string of the molecule is CC(=O)Nc1ccc(CC(=O)OCc2cc(=O)n3ccc(C)cc3n2)cc1. The first-order chi connectivity index (χ1) is 12.9. The van der Waals surface area contributed by atoms with Crippen molar-refractivity contribution < 1.29 is 14.3 Å². The summed E-state index contributed by atoms with van der Waals surface area (Å²) in [5.41, 5.74) is 3.10. The fourth-order valence-corrected chi connectivity index (χ4v) is 2.61. The zero-order valence-electron chi connectivity index (χ0n) is 15.1. The Morgan fingerprint density at radius 2 is 1.89 bits per heavy atom. The second-order valence-electron chi connectivity index (χ2n) is 6.23. The molecule has 0 unspecified atom stereocenters. The minimum absolute atomic E-state index is 0.0670. The third-order valence-electron chi connectivity index (χ3n) is 3.88. The van der Waals surface area contributed by atoms with Crippen LogP contribution in [0.3, 0.4) is 0 Å². The quantitative estimate of drug-likeness (QED) is 0.701. The molecule has 2 aromatic heterocycles. The molecule has 3 aromatic rings. The predicted octanol–water partition coefficient (Wildman–Crippen LogP) is 2.25. The van der Waals surface area contributed by atoms with Crippen LogP contribution in [0.4, 0.5) is 5.69 Å². The lowest BCUT2D eigenvalue weighted by Crippen LogP contribution is -2.17. The first-order valence-corrected chi connectivity index (χ1v) is 8.42. The van der Waals surface area contributed by atoms with E-state index < -0.39 is 5.97 Å². The van der Waals surface area contributed by atoms with Crippen LogP contribution in [-0.2, 0) is 27.4 Å². The van der Waals surface area contributed by atoms with Crippen molar-refractivity contribution in [3.63, 3.8) is 0 Å². The van der Waals surface area contributed by atoms with Crippen molar-refractivity contribution >= 4 is 23.2 Å². The second kappa shape index (κ2) is 7.82. The van der Waals surface area contributed by atoms with Crippen LogP contribution in [0, 0.1) is 6.92 Å². The van der Waals surface area contributed by atoms with E-state index in [9.17, 15) is 14.4 Å². The number of ether oxygens (including phenoxy) is 1. The van der Waals surface area contributed by atoms with E-state index in [2.05, 4.69) is 10.3 Å². The molecule has 0 spiro atoms. The maximum Gasteiger partial charge on any atom is 0.310 e. The zero-order valence-corrected chi connectivity index (χ0v) is 15.1. The first-order valence-electron chi connectivity index (χ1n) is 8.42. The van der Waals surface area contributed by atoms with Crippen LogP contribution >= 0.6 is 0 Å². The lowest BCUT2D eigenvalue weighted by atomic mass is 10.1. The fraction of sp³-hybridized carbons (Fsp3) is 0.200. The number of nitrogens with zero attached hydrogens (tertiary/aromatic N) is 2. The Morgan fingerprint density at radius 3 is 2.59 bits per heavy atom. The molecule has 0 atom stereocenters. The van der Waals surface area contributed by atoms with Gasteiger partial charge in [-0.1, -0.05) is 12.1 Å². The molecular weight excluding hydrogens is 346 g/mol. The van der Waals surface area contributed by atoms with E-state index in [-0.39, 0.29) is 24.5 Å². The van der Waals surface area contributed by atoms with E-state index in [1.165, 1.54) is 17.4 Å². The smallest absolute Gasteiger partial charge is 0.310 e. The van der Waals surface area contributed by atoms with Gasteiger partial charge in [-0.25, -0.2) is 4.98 Å². The van der Waals surface area contributed by atoms with Gasteiger partial charge in [0.1, 0.15) is 12.3 Å². The summed E-state index contributed by atoms with van der Waals surface area (Å²) in [6, 6.07) is 11.9. The number of pyridine rings is 1. The summed E-state index contributed by atoms with van der Waals surface area (Å²) in [5.74, 6) is -0.579. The van der Waals surface area contributed by atoms with E-state index in [4.69, 9.17) is 4.74 Å². The van der Waals surface area contributed by atoms with Crippen molar-refractivity contribution in [2.24, 2.45) is 0 Å². The summed E-state index contributed by atoms with van der Waals surface area (Å²) < 4.78 is 6.68. The molecule has 0 fully saturated rings. The maximum atomic E-state index is 12.1. The number of fused-ring (bicyclic) bond motifs is 1. The van der Waals surface area contributed by atoms with E-state index in [0.717, 1.165) is 11.1 Å². The Balaban J connectivity index is 1.63. The highest BCUT2D eigenvalue weighted by Crippen LogP contribution is 2.11. The lowest BCUT2D eigenvalue weighted by Gasteiger charge is -2.07. The Morgan fingerprint density at radius 1 is 1.15 bits per heavy atom. The minimum atomic E-state index is -0.423. The van der Waals surface area contributed by atoms with Gasteiger partial charge < -0.3 is 10.1 Å². The number of benzene rings is 1. The normalized spacial score (nSPS) is 10.6. The molecule has 0 aliphatic heterocycles. The van der Waals surface area contributed by atoms with Crippen molar-refractivity contribution in [3.8, 4) is 0 Å². The zero-order chi connectivity index (χ0) is 19.4. The highest BCUT2D eigenvalue weighted by atomic mass is 16.5. The molecule has 0 saturated heterocycles. The number of amides is 1. The van der Waals surface area contributed by atoms with Crippen molar-refractivity contribution in [3.05, 3.63) is 75.8 Å². The van der Waals surface area contributed by atoms with Gasteiger partial charge in [-0.05, 0) is 42.3 Å². The molecule has 7 heteroatoms. The summed E-state index contributed by atoms with van der Waals surface area (Å²) in [6.07, 6.45) is 1.76. The molecule has 0 bridgehead atoms. The highest BCUT2D eigenvalue weighted by Gasteiger charge is 2.08. The maximum absolute atomic E-state index is 12.1. The van der Waals surface area contributed by atoms with Gasteiger partial charge in [0, 0.05) is 24.9 Å². The summed E-state index contributed by atoms with van der Waals surface area (Å²) in [4.78, 5) is 39.5. The number of hydrogen-bond donors (Lipinski definition) is 1. The van der Waals surface area contributed by atoms with E-state index in [0.29, 0.717) is 17.0 Å². The summed E-state index contributed by atoms with van der Waals surface area (Å²) in [6.45, 7) is 3.28. The molecule has 1 aromatic carbocycles. The molecule has 7 nitrogen and oxygen atoms in total. The van der Waals surface area contributed by atoms with Crippen LogP contribution in [-0.4, -0.2) is 21.3 Å². The molecule has 1 N–H and O–H groups in total. The van der Waals surface area contributed by atoms with E-state index in [1.54, 1.807) is 36.5 Å². The Hall–Kier alpha value is -3.48. The van der Waals surface area contributed by atoms with Crippen molar-refractivity contribution in [1.82, 2.24) is 9.38 Å². The number of rotatable bonds is 5. The Bertz CT molecular complexity index is 1060. The summed E-state index contributed by atoms with van der Waals surface area (Å²) in [7, 11) is 0. The molecule has 138 valence electrons. The summed E-state index contributed by atoms with van der Waals surface area (Å²) in [5, 5.41) is 2.66. The van der Waals surface area contributed by atoms with Gasteiger partial charge in [-0.2, -0.15) is 0 Å². The van der Waals surface area contributed by atoms with Crippen LogP contribution < -0.4 is 10.9 Å². The Labute approximate surface area is 155 Å². The lowest BCUT2D eigenvalue weighted by molar-refractivity contribution is -0.144. The molecule has 3 rings (SSSR count). The van der Waals surface area contributed by atoms with Gasteiger partial charge in [0.25, 0.3) is 5.56 Å². The average molecular weight is 365 g/mol. The van der Waals surface area contributed by atoms with Crippen LogP contribution in [0.2, 0.25) is 0 Å². The number of aromatic nitrogens is 2. The molecule has 1 amide bonds. The molecule has 0 saturated carbocycles. The topological polar surface area (TPSA) is 89.8 Å².